The van der Waals surface area contributed by atoms with Gasteiger partial charge in [-0.1, -0.05) is 103 Å². The highest BCUT2D eigenvalue weighted by Crippen LogP contribution is 2.45. The number of hydrogen-bond donors (Lipinski definition) is 0. The van der Waals surface area contributed by atoms with Crippen LogP contribution in [0.3, 0.4) is 0 Å². The molecule has 4 aliphatic rings. The maximum atomic E-state index is 6.53. The Morgan fingerprint density at radius 2 is 0.883 bits per heavy atom. The third kappa shape index (κ3) is 22.6. The van der Waals surface area contributed by atoms with Gasteiger partial charge >= 0.3 is 0 Å². The van der Waals surface area contributed by atoms with Crippen molar-refractivity contribution < 1.29 is 9.47 Å². The number of piperidine rings is 1. The Kier molecular flexibility index (Phi) is 27.8. The molecule has 3 aliphatic heterocycles. The van der Waals surface area contributed by atoms with Gasteiger partial charge in [0.25, 0.3) is 0 Å². The molecule has 3 heterocycles. The second-order valence-electron chi connectivity index (χ2n) is 23.2. The van der Waals surface area contributed by atoms with Crippen molar-refractivity contribution in [2.75, 3.05) is 93.2 Å². The van der Waals surface area contributed by atoms with E-state index in [1.165, 1.54) is 111 Å². The van der Waals surface area contributed by atoms with E-state index >= 15 is 0 Å². The van der Waals surface area contributed by atoms with Crippen LogP contribution in [0.15, 0.2) is 0 Å². The summed E-state index contributed by atoms with van der Waals surface area (Å²) in [5.41, 5.74) is 1.68. The number of methoxy groups -OCH3 is 1. The van der Waals surface area contributed by atoms with Gasteiger partial charge in [0.2, 0.25) is 0 Å². The summed E-state index contributed by atoms with van der Waals surface area (Å²) in [5.74, 6) is 0.848. The van der Waals surface area contributed by atoms with Crippen LogP contribution >= 0.6 is 0 Å². The minimum Gasteiger partial charge on any atom is -0.381 e. The molecular weight excluding hydrogens is 739 g/mol. The van der Waals surface area contributed by atoms with Gasteiger partial charge in [0.1, 0.15) is 0 Å². The fourth-order valence-corrected chi connectivity index (χ4v) is 11.2. The second kappa shape index (κ2) is 27.9. The number of rotatable bonds is 15. The Hall–Kier alpha value is -0.280. The minimum atomic E-state index is -0.0549. The summed E-state index contributed by atoms with van der Waals surface area (Å²) in [6.45, 7) is 57.2. The first-order valence-electron chi connectivity index (χ1n) is 25.6. The first-order valence-corrected chi connectivity index (χ1v) is 25.6. The van der Waals surface area contributed by atoms with Gasteiger partial charge in [0.05, 0.1) is 17.8 Å². The van der Waals surface area contributed by atoms with Gasteiger partial charge in [-0.15, -0.1) is 0 Å². The van der Waals surface area contributed by atoms with E-state index in [4.69, 9.17) is 9.47 Å². The molecule has 0 bridgehead atoms. The quantitative estimate of drug-likeness (QED) is 0.162. The molecule has 3 saturated heterocycles. The molecule has 0 aromatic heterocycles. The molecule has 0 spiro atoms. The number of hydrogen-bond acceptors (Lipinski definition) is 7. The molecule has 362 valence electrons. The highest BCUT2D eigenvalue weighted by atomic mass is 16.5. The molecule has 0 unspecified atom stereocenters. The van der Waals surface area contributed by atoms with Crippen LogP contribution in [-0.2, 0) is 9.47 Å². The standard InChI is InChI=1S/C26H53N3.C20H40N2O2.C3H8.2C2H6/c1-11-23(2,3)20-25(6,7)28-14-12-22(13-15-28)24(4,5)21-26(8,9)29-18-16-27(10)17-19-29;1-19(2,16-22-13-11-21(5)12-14-22)15-20(3,4)24-18-9-7-17(23-6)8-10-18;1-3-2;2*1-2/h22H,11-21H2,1-10H3;17-18H,7-16H2,1-6H3;3H2,1-2H3;2*1-2H3. The van der Waals surface area contributed by atoms with Crippen LogP contribution < -0.4 is 0 Å². The zero-order chi connectivity index (χ0) is 46.6. The van der Waals surface area contributed by atoms with Crippen molar-refractivity contribution in [1.29, 1.82) is 0 Å². The summed E-state index contributed by atoms with van der Waals surface area (Å²) in [7, 11) is 6.31. The van der Waals surface area contributed by atoms with E-state index in [1.807, 2.05) is 34.8 Å². The lowest BCUT2D eigenvalue weighted by Crippen LogP contribution is -2.56. The molecule has 7 heteroatoms. The van der Waals surface area contributed by atoms with Crippen molar-refractivity contribution in [1.82, 2.24) is 24.5 Å². The van der Waals surface area contributed by atoms with Crippen molar-refractivity contribution in [2.24, 2.45) is 22.2 Å². The third-order valence-electron chi connectivity index (χ3n) is 14.2. The largest absolute Gasteiger partial charge is 0.381 e. The van der Waals surface area contributed by atoms with E-state index < -0.39 is 0 Å². The van der Waals surface area contributed by atoms with Crippen LogP contribution in [0.4, 0.5) is 0 Å². The van der Waals surface area contributed by atoms with Gasteiger partial charge in [-0.2, -0.15) is 0 Å². The normalized spacial score (nSPS) is 22.9. The van der Waals surface area contributed by atoms with Gasteiger partial charge in [-0.05, 0) is 149 Å². The number of likely N-dealkylation sites (N-methyl/N-ethyl adjacent to an activating group) is 2. The molecule has 7 nitrogen and oxygen atoms in total. The van der Waals surface area contributed by atoms with E-state index in [0.717, 1.165) is 38.0 Å². The first kappa shape index (κ1) is 59.7. The van der Waals surface area contributed by atoms with Crippen molar-refractivity contribution in [3.05, 3.63) is 0 Å². The smallest absolute Gasteiger partial charge is 0.0635 e. The monoisotopic (exact) mass is 852 g/mol. The maximum Gasteiger partial charge on any atom is 0.0635 e. The van der Waals surface area contributed by atoms with Crippen LogP contribution in [0.5, 0.6) is 0 Å². The molecule has 1 aliphatic carbocycles. The Labute approximate surface area is 379 Å². The van der Waals surface area contributed by atoms with E-state index in [2.05, 4.69) is 142 Å². The van der Waals surface area contributed by atoms with Gasteiger partial charge < -0.3 is 24.2 Å². The lowest BCUT2D eigenvalue weighted by atomic mass is 9.67. The lowest BCUT2D eigenvalue weighted by Gasteiger charge is -2.51. The van der Waals surface area contributed by atoms with Gasteiger partial charge in [-0.3, -0.25) is 9.80 Å². The van der Waals surface area contributed by atoms with Crippen LogP contribution in [-0.4, -0.2) is 147 Å². The number of ether oxygens (including phenoxy) is 2. The van der Waals surface area contributed by atoms with Gasteiger partial charge in [-0.25, -0.2) is 0 Å². The summed E-state index contributed by atoms with van der Waals surface area (Å²) >= 11 is 0. The fraction of sp³-hybridized carbons (Fsp3) is 1.00. The summed E-state index contributed by atoms with van der Waals surface area (Å²) in [6, 6.07) is 0. The lowest BCUT2D eigenvalue weighted by molar-refractivity contribution is -0.116. The maximum absolute atomic E-state index is 6.53. The predicted octanol–water partition coefficient (Wildman–Crippen LogP) is 12.6. The summed E-state index contributed by atoms with van der Waals surface area (Å²) < 4.78 is 12.0. The highest BCUT2D eigenvalue weighted by molar-refractivity contribution is 4.96. The molecule has 0 amide bonds. The Morgan fingerprint density at radius 1 is 0.483 bits per heavy atom. The Balaban J connectivity index is 0.00000102. The van der Waals surface area contributed by atoms with Crippen molar-refractivity contribution in [3.63, 3.8) is 0 Å². The molecule has 0 N–H and O–H groups in total. The third-order valence-corrected chi connectivity index (χ3v) is 14.2. The van der Waals surface area contributed by atoms with E-state index in [0.29, 0.717) is 34.1 Å². The summed E-state index contributed by atoms with van der Waals surface area (Å²) in [5, 5.41) is 0. The molecule has 4 rings (SSSR count). The molecular formula is C53H113N5O2. The summed E-state index contributed by atoms with van der Waals surface area (Å²) in [4.78, 5) is 13.1. The van der Waals surface area contributed by atoms with Crippen LogP contribution in [0.1, 0.15) is 202 Å². The topological polar surface area (TPSA) is 34.7 Å². The first-order chi connectivity index (χ1) is 27.8. The average Bonchev–Trinajstić information content (AvgIpc) is 3.17. The zero-order valence-corrected chi connectivity index (χ0v) is 45.3. The van der Waals surface area contributed by atoms with E-state index in [1.54, 1.807) is 0 Å². The fourth-order valence-electron chi connectivity index (χ4n) is 11.2. The Bertz CT molecular complexity index is 1060. The Morgan fingerprint density at radius 3 is 1.32 bits per heavy atom. The minimum absolute atomic E-state index is 0.0549. The highest BCUT2D eigenvalue weighted by Gasteiger charge is 2.42. The van der Waals surface area contributed by atoms with E-state index in [-0.39, 0.29) is 11.0 Å². The second-order valence-corrected chi connectivity index (χ2v) is 23.2. The molecule has 4 fully saturated rings. The SMILES string of the molecule is CC.CC.CCC.CCC(C)(C)CC(C)(C)N1CCC(C(C)(C)CC(C)(C)N2CCN(C)CC2)CC1.COC1CCC(OC(C)(C)CC(C)(C)CN2CCN(C)CC2)CC1. The molecule has 0 aromatic rings. The number of piperazine rings is 2. The van der Waals surface area contributed by atoms with Gasteiger partial charge in [0.15, 0.2) is 0 Å². The van der Waals surface area contributed by atoms with E-state index in [9.17, 15) is 0 Å². The average molecular weight is 853 g/mol. The number of nitrogens with zero attached hydrogens (tertiary/aromatic N) is 5. The van der Waals surface area contributed by atoms with Crippen LogP contribution in [0, 0.1) is 22.2 Å². The van der Waals surface area contributed by atoms with Crippen molar-refractivity contribution in [2.45, 2.75) is 231 Å². The van der Waals surface area contributed by atoms with Gasteiger partial charge in [0, 0.05) is 77.1 Å². The molecule has 1 saturated carbocycles. The van der Waals surface area contributed by atoms with Crippen molar-refractivity contribution >= 4 is 0 Å². The zero-order valence-electron chi connectivity index (χ0n) is 45.3. The number of likely N-dealkylation sites (tertiary alicyclic amines) is 1. The molecule has 60 heavy (non-hydrogen) atoms. The van der Waals surface area contributed by atoms with Crippen molar-refractivity contribution in [3.8, 4) is 0 Å². The van der Waals surface area contributed by atoms with Crippen LogP contribution in [0.2, 0.25) is 0 Å². The summed E-state index contributed by atoms with van der Waals surface area (Å²) in [6.07, 6.45) is 14.4. The molecule has 0 atom stereocenters. The predicted molar refractivity (Wildman–Crippen MR) is 268 cm³/mol. The molecule has 0 radical (unpaired) electrons. The molecule has 0 aromatic carbocycles. The van der Waals surface area contributed by atoms with Crippen LogP contribution in [0.25, 0.3) is 0 Å².